The average Bonchev–Trinajstić information content (AvgIpc) is 3.00. The number of halogens is 4. The highest BCUT2D eigenvalue weighted by atomic mass is 79.9. The Kier molecular flexibility index (Phi) is 6.47. The van der Waals surface area contributed by atoms with E-state index in [1.54, 1.807) is 23.0 Å². The monoisotopic (exact) mass is 432 g/mol. The Morgan fingerprint density at radius 2 is 2.12 bits per heavy atom. The van der Waals surface area contributed by atoms with E-state index in [0.29, 0.717) is 22.8 Å². The standard InChI is InChI=1S/C17H16BrF3N2O3/c1-3-25-16(17(19,20)21)10-26-15-5-4-12(6-14(15)18)8-23-9-13(7-22-23)11(2)24/h4-7,9-10H,3,8H2,1-2H3/b16-10-. The van der Waals surface area contributed by atoms with Crippen molar-refractivity contribution >= 4 is 21.7 Å². The molecule has 9 heteroatoms. The highest BCUT2D eigenvalue weighted by molar-refractivity contribution is 9.10. The summed E-state index contributed by atoms with van der Waals surface area (Å²) in [6.45, 7) is 3.18. The Morgan fingerprint density at radius 3 is 2.65 bits per heavy atom. The average molecular weight is 433 g/mol. The molecule has 0 saturated carbocycles. The molecule has 1 aromatic carbocycles. The molecule has 0 atom stereocenters. The Hall–Kier alpha value is -2.29. The largest absolute Gasteiger partial charge is 0.487 e. The summed E-state index contributed by atoms with van der Waals surface area (Å²) < 4.78 is 50.0. The molecule has 1 aromatic heterocycles. The summed E-state index contributed by atoms with van der Waals surface area (Å²) in [5, 5.41) is 4.09. The fourth-order valence-electron chi connectivity index (χ4n) is 2.01. The molecule has 0 radical (unpaired) electrons. The topological polar surface area (TPSA) is 53.4 Å². The van der Waals surface area contributed by atoms with Gasteiger partial charge >= 0.3 is 6.18 Å². The number of benzene rings is 1. The van der Waals surface area contributed by atoms with Crippen molar-refractivity contribution in [2.45, 2.75) is 26.6 Å². The number of allylic oxidation sites excluding steroid dienone is 1. The van der Waals surface area contributed by atoms with Crippen LogP contribution in [-0.2, 0) is 11.3 Å². The van der Waals surface area contributed by atoms with Crippen LogP contribution in [0.3, 0.4) is 0 Å². The lowest BCUT2D eigenvalue weighted by atomic mass is 10.2. The molecule has 5 nitrogen and oxygen atoms in total. The summed E-state index contributed by atoms with van der Waals surface area (Å²) in [6.07, 6.45) is -0.986. The fraction of sp³-hybridized carbons (Fsp3) is 0.294. The van der Waals surface area contributed by atoms with Gasteiger partial charge in [-0.3, -0.25) is 9.48 Å². The molecule has 0 amide bonds. The van der Waals surface area contributed by atoms with Crippen molar-refractivity contribution in [2.24, 2.45) is 0 Å². The van der Waals surface area contributed by atoms with Gasteiger partial charge in [-0.1, -0.05) is 6.07 Å². The van der Waals surface area contributed by atoms with Crippen molar-refractivity contribution in [3.63, 3.8) is 0 Å². The van der Waals surface area contributed by atoms with Crippen LogP contribution in [0.1, 0.15) is 29.8 Å². The molecule has 2 aromatic rings. The number of carbonyl (C=O) groups excluding carboxylic acids is 1. The van der Waals surface area contributed by atoms with Crippen molar-refractivity contribution in [2.75, 3.05) is 6.61 Å². The van der Waals surface area contributed by atoms with E-state index in [-0.39, 0.29) is 18.1 Å². The molecule has 2 rings (SSSR count). The summed E-state index contributed by atoms with van der Waals surface area (Å²) in [5.74, 6) is -1.08. The van der Waals surface area contributed by atoms with Gasteiger partial charge in [-0.15, -0.1) is 0 Å². The number of alkyl halides is 3. The second-order valence-electron chi connectivity index (χ2n) is 5.28. The van der Waals surface area contributed by atoms with Gasteiger partial charge in [0.1, 0.15) is 12.0 Å². The summed E-state index contributed by atoms with van der Waals surface area (Å²) in [4.78, 5) is 11.3. The molecular formula is C17H16BrF3N2O3. The van der Waals surface area contributed by atoms with E-state index in [1.165, 1.54) is 26.1 Å². The number of ketones is 1. The van der Waals surface area contributed by atoms with Gasteiger partial charge in [0.15, 0.2) is 5.78 Å². The third-order valence-electron chi connectivity index (χ3n) is 3.25. The van der Waals surface area contributed by atoms with Gasteiger partial charge in [-0.05, 0) is 47.5 Å². The van der Waals surface area contributed by atoms with Gasteiger partial charge in [0.25, 0.3) is 0 Å². The van der Waals surface area contributed by atoms with Gasteiger partial charge in [0.2, 0.25) is 5.76 Å². The number of aromatic nitrogens is 2. The highest BCUT2D eigenvalue weighted by Gasteiger charge is 2.36. The van der Waals surface area contributed by atoms with Crippen LogP contribution in [-0.4, -0.2) is 28.3 Å². The fourth-order valence-corrected chi connectivity index (χ4v) is 2.53. The van der Waals surface area contributed by atoms with E-state index in [2.05, 4.69) is 25.8 Å². The number of rotatable bonds is 7. The van der Waals surface area contributed by atoms with Crippen LogP contribution in [0.5, 0.6) is 5.75 Å². The minimum absolute atomic E-state index is 0.0808. The first-order valence-corrected chi connectivity index (χ1v) is 8.38. The Morgan fingerprint density at radius 1 is 1.38 bits per heavy atom. The molecule has 0 saturated heterocycles. The Balaban J connectivity index is 2.12. The van der Waals surface area contributed by atoms with Crippen LogP contribution in [0.15, 0.2) is 47.1 Å². The lowest BCUT2D eigenvalue weighted by molar-refractivity contribution is -0.132. The van der Waals surface area contributed by atoms with Crippen LogP contribution in [0.4, 0.5) is 13.2 Å². The maximum atomic E-state index is 12.8. The molecule has 0 N–H and O–H groups in total. The molecular weight excluding hydrogens is 417 g/mol. The van der Waals surface area contributed by atoms with Gasteiger partial charge in [-0.2, -0.15) is 18.3 Å². The summed E-state index contributed by atoms with van der Waals surface area (Å²) >= 11 is 3.27. The van der Waals surface area contributed by atoms with E-state index in [9.17, 15) is 18.0 Å². The van der Waals surface area contributed by atoms with Gasteiger partial charge in [-0.25, -0.2) is 0 Å². The molecule has 140 valence electrons. The van der Waals surface area contributed by atoms with Crippen molar-refractivity contribution in [3.05, 3.63) is 58.2 Å². The molecule has 0 spiro atoms. The molecule has 26 heavy (non-hydrogen) atoms. The summed E-state index contributed by atoms with van der Waals surface area (Å²) in [5.41, 5.74) is 1.33. The van der Waals surface area contributed by atoms with Crippen LogP contribution >= 0.6 is 15.9 Å². The lowest BCUT2D eigenvalue weighted by Gasteiger charge is -2.12. The van der Waals surface area contributed by atoms with Gasteiger partial charge in [0, 0.05) is 6.20 Å². The molecule has 0 bridgehead atoms. The number of ether oxygens (including phenoxy) is 2. The van der Waals surface area contributed by atoms with Crippen molar-refractivity contribution in [3.8, 4) is 5.75 Å². The Bertz CT molecular complexity index is 816. The van der Waals surface area contributed by atoms with Gasteiger partial charge in [0.05, 0.1) is 29.4 Å². The normalized spacial score (nSPS) is 12.2. The second kappa shape index (κ2) is 8.39. The third-order valence-corrected chi connectivity index (χ3v) is 3.87. The van der Waals surface area contributed by atoms with Gasteiger partial charge < -0.3 is 9.47 Å². The van der Waals surface area contributed by atoms with Crippen LogP contribution in [0.25, 0.3) is 0 Å². The maximum absolute atomic E-state index is 12.8. The first-order chi connectivity index (χ1) is 12.2. The van der Waals surface area contributed by atoms with E-state index >= 15 is 0 Å². The third kappa shape index (κ3) is 5.35. The first-order valence-electron chi connectivity index (χ1n) is 7.59. The van der Waals surface area contributed by atoms with E-state index < -0.39 is 11.9 Å². The van der Waals surface area contributed by atoms with E-state index in [0.717, 1.165) is 5.56 Å². The highest BCUT2D eigenvalue weighted by Crippen LogP contribution is 2.30. The zero-order chi connectivity index (χ0) is 19.3. The van der Waals surface area contributed by atoms with Crippen LogP contribution < -0.4 is 4.74 Å². The second-order valence-corrected chi connectivity index (χ2v) is 6.13. The number of carbonyl (C=O) groups is 1. The number of hydrogen-bond donors (Lipinski definition) is 0. The Labute approximate surface area is 156 Å². The molecule has 1 heterocycles. The number of hydrogen-bond acceptors (Lipinski definition) is 4. The predicted molar refractivity (Wildman–Crippen MR) is 91.9 cm³/mol. The maximum Gasteiger partial charge on any atom is 0.452 e. The van der Waals surface area contributed by atoms with Crippen molar-refractivity contribution < 1.29 is 27.4 Å². The van der Waals surface area contributed by atoms with E-state index in [4.69, 9.17) is 4.74 Å². The molecule has 0 aliphatic carbocycles. The lowest BCUT2D eigenvalue weighted by Crippen LogP contribution is -2.15. The zero-order valence-corrected chi connectivity index (χ0v) is 15.6. The number of nitrogens with zero attached hydrogens (tertiary/aromatic N) is 2. The SMILES string of the molecule is CCO/C(=C\Oc1ccc(Cn2cc(C(C)=O)cn2)cc1Br)C(F)(F)F. The first kappa shape index (κ1) is 20.0. The molecule has 0 aliphatic rings. The quantitative estimate of drug-likeness (QED) is 0.469. The summed E-state index contributed by atoms with van der Waals surface area (Å²) in [6, 6.07) is 4.93. The molecule has 0 aliphatic heterocycles. The minimum atomic E-state index is -4.63. The number of Topliss-reactive ketones (excluding diaryl/α,β-unsaturated/α-hetero) is 1. The van der Waals surface area contributed by atoms with Crippen molar-refractivity contribution in [1.82, 2.24) is 9.78 Å². The zero-order valence-electron chi connectivity index (χ0n) is 14.0. The van der Waals surface area contributed by atoms with Crippen LogP contribution in [0, 0.1) is 0 Å². The minimum Gasteiger partial charge on any atom is -0.487 e. The van der Waals surface area contributed by atoms with E-state index in [1.807, 2.05) is 0 Å². The van der Waals surface area contributed by atoms with Crippen LogP contribution in [0.2, 0.25) is 0 Å². The smallest absolute Gasteiger partial charge is 0.452 e. The molecule has 0 unspecified atom stereocenters. The summed E-state index contributed by atoms with van der Waals surface area (Å²) in [7, 11) is 0. The molecule has 0 fully saturated rings. The predicted octanol–water partition coefficient (Wildman–Crippen LogP) is 4.72. The van der Waals surface area contributed by atoms with Crippen molar-refractivity contribution in [1.29, 1.82) is 0 Å².